The van der Waals surface area contributed by atoms with Crippen LogP contribution in [0.2, 0.25) is 0 Å². The summed E-state index contributed by atoms with van der Waals surface area (Å²) in [6.45, 7) is 5.05. The summed E-state index contributed by atoms with van der Waals surface area (Å²) in [7, 11) is 1.64. The Kier molecular flexibility index (Phi) is 6.25. The van der Waals surface area contributed by atoms with Crippen molar-refractivity contribution in [2.75, 3.05) is 13.7 Å². The summed E-state index contributed by atoms with van der Waals surface area (Å²) < 4.78 is 6.73. The third-order valence-corrected chi connectivity index (χ3v) is 3.32. The van der Waals surface area contributed by atoms with Gasteiger partial charge in [-0.3, -0.25) is 9.59 Å². The lowest BCUT2D eigenvalue weighted by Gasteiger charge is -2.14. The molecule has 0 aliphatic carbocycles. The predicted octanol–water partition coefficient (Wildman–Crippen LogP) is 2.20. The van der Waals surface area contributed by atoms with Crippen LogP contribution in [0.5, 0.6) is 0 Å². The molecule has 0 radical (unpaired) electrons. The molecule has 0 amide bonds. The lowest BCUT2D eigenvalue weighted by molar-refractivity contribution is -0.111. The fraction of sp³-hybridized carbons (Fsp3) is 0.571. The van der Waals surface area contributed by atoms with Crippen molar-refractivity contribution in [3.05, 3.63) is 33.2 Å². The average molecular weight is 286 g/mol. The van der Waals surface area contributed by atoms with Crippen LogP contribution in [0, 0.1) is 13.8 Å². The quantitative estimate of drug-likeness (QED) is 0.570. The number of pyridine rings is 1. The summed E-state index contributed by atoms with van der Waals surface area (Å²) >= 11 is 5.34. The van der Waals surface area contributed by atoms with Crippen LogP contribution in [0.3, 0.4) is 0 Å². The number of carbonyl (C=O) groups is 1. The van der Waals surface area contributed by atoms with Gasteiger partial charge in [0.1, 0.15) is 0 Å². The van der Waals surface area contributed by atoms with Gasteiger partial charge >= 0.3 is 0 Å². The molecule has 0 aromatic carbocycles. The zero-order chi connectivity index (χ0) is 14.4. The van der Waals surface area contributed by atoms with E-state index in [0.29, 0.717) is 25.1 Å². The first kappa shape index (κ1) is 15.9. The van der Waals surface area contributed by atoms with Gasteiger partial charge in [-0.15, -0.1) is 0 Å². The minimum absolute atomic E-state index is 0.0217. The molecule has 0 atom stereocenters. The first-order valence-corrected chi connectivity index (χ1v) is 6.72. The molecule has 0 fully saturated rings. The van der Waals surface area contributed by atoms with Crippen LogP contribution < -0.4 is 5.56 Å². The normalized spacial score (nSPS) is 10.7. The predicted molar refractivity (Wildman–Crippen MR) is 75.9 cm³/mol. The maximum Gasteiger partial charge on any atom is 0.254 e. The van der Waals surface area contributed by atoms with E-state index in [9.17, 15) is 9.59 Å². The summed E-state index contributed by atoms with van der Waals surface area (Å²) in [4.78, 5) is 23.2. The molecule has 5 heteroatoms. The number of hydrogen-bond donors (Lipinski definition) is 0. The SMILES string of the molecule is COCCCn1c(C)cc(C)c(CCC(=O)Cl)c1=O. The van der Waals surface area contributed by atoms with Crippen LogP contribution in [0.15, 0.2) is 10.9 Å². The molecular weight excluding hydrogens is 266 g/mol. The molecule has 0 aliphatic heterocycles. The van der Waals surface area contributed by atoms with Gasteiger partial charge < -0.3 is 9.30 Å². The van der Waals surface area contributed by atoms with E-state index in [4.69, 9.17) is 16.3 Å². The smallest absolute Gasteiger partial charge is 0.254 e. The van der Waals surface area contributed by atoms with Crippen molar-refractivity contribution in [3.63, 3.8) is 0 Å². The summed E-state index contributed by atoms with van der Waals surface area (Å²) in [6.07, 6.45) is 1.38. The van der Waals surface area contributed by atoms with Crippen molar-refractivity contribution in [2.24, 2.45) is 0 Å². The summed E-state index contributed by atoms with van der Waals surface area (Å²) in [5.74, 6) is 0. The maximum absolute atomic E-state index is 12.4. The van der Waals surface area contributed by atoms with Gasteiger partial charge in [-0.1, -0.05) is 0 Å². The Bertz CT molecular complexity index is 508. The summed E-state index contributed by atoms with van der Waals surface area (Å²) in [5.41, 5.74) is 2.51. The van der Waals surface area contributed by atoms with Crippen LogP contribution >= 0.6 is 11.6 Å². The van der Waals surface area contributed by atoms with E-state index in [1.807, 2.05) is 19.9 Å². The third-order valence-electron chi connectivity index (χ3n) is 3.13. The minimum Gasteiger partial charge on any atom is -0.385 e. The van der Waals surface area contributed by atoms with Crippen molar-refractivity contribution in [1.29, 1.82) is 0 Å². The van der Waals surface area contributed by atoms with Gasteiger partial charge in [0.25, 0.3) is 5.56 Å². The van der Waals surface area contributed by atoms with Gasteiger partial charge in [0.15, 0.2) is 0 Å². The lowest BCUT2D eigenvalue weighted by Crippen LogP contribution is -2.27. The first-order chi connectivity index (χ1) is 8.97. The Balaban J connectivity index is 3.01. The highest BCUT2D eigenvalue weighted by Gasteiger charge is 2.11. The largest absolute Gasteiger partial charge is 0.385 e. The molecular formula is C14H20ClNO3. The van der Waals surface area contributed by atoms with E-state index in [2.05, 4.69) is 0 Å². The standard InChI is InChI=1S/C14H20ClNO3/c1-10-9-11(2)16(7-4-8-19-3)14(18)12(10)5-6-13(15)17/h9H,4-8H2,1-3H3. The molecule has 1 heterocycles. The second-order valence-corrected chi connectivity index (χ2v) is 5.03. The van der Waals surface area contributed by atoms with Crippen LogP contribution in [-0.2, 0) is 22.5 Å². The Labute approximate surface area is 118 Å². The second-order valence-electron chi connectivity index (χ2n) is 4.61. The van der Waals surface area contributed by atoms with Crippen LogP contribution in [-0.4, -0.2) is 23.5 Å². The zero-order valence-corrected chi connectivity index (χ0v) is 12.4. The highest BCUT2D eigenvalue weighted by molar-refractivity contribution is 6.63. The third kappa shape index (κ3) is 4.48. The zero-order valence-electron chi connectivity index (χ0n) is 11.7. The van der Waals surface area contributed by atoms with E-state index in [1.165, 1.54) is 0 Å². The number of carbonyl (C=O) groups excluding carboxylic acids is 1. The number of halogens is 1. The molecule has 0 saturated heterocycles. The highest BCUT2D eigenvalue weighted by Crippen LogP contribution is 2.10. The van der Waals surface area contributed by atoms with Crippen molar-refractivity contribution in [1.82, 2.24) is 4.57 Å². The van der Waals surface area contributed by atoms with Crippen LogP contribution in [0.1, 0.15) is 29.7 Å². The molecule has 1 rings (SSSR count). The first-order valence-electron chi connectivity index (χ1n) is 6.34. The molecule has 0 saturated carbocycles. The number of methoxy groups -OCH3 is 1. The average Bonchev–Trinajstić information content (AvgIpc) is 2.32. The van der Waals surface area contributed by atoms with Crippen molar-refractivity contribution < 1.29 is 9.53 Å². The Hall–Kier alpha value is -1.13. The Morgan fingerprint density at radius 1 is 1.42 bits per heavy atom. The highest BCUT2D eigenvalue weighted by atomic mass is 35.5. The van der Waals surface area contributed by atoms with E-state index in [1.54, 1.807) is 11.7 Å². The molecule has 0 N–H and O–H groups in total. The molecule has 4 nitrogen and oxygen atoms in total. The fourth-order valence-electron chi connectivity index (χ4n) is 2.14. The van der Waals surface area contributed by atoms with Gasteiger partial charge in [-0.25, -0.2) is 0 Å². The molecule has 1 aromatic heterocycles. The Morgan fingerprint density at radius 3 is 2.68 bits per heavy atom. The summed E-state index contributed by atoms with van der Waals surface area (Å²) in [5, 5.41) is -0.412. The number of rotatable bonds is 7. The van der Waals surface area contributed by atoms with E-state index in [0.717, 1.165) is 17.7 Å². The number of hydrogen-bond acceptors (Lipinski definition) is 3. The number of aryl methyl sites for hydroxylation is 2. The van der Waals surface area contributed by atoms with E-state index in [-0.39, 0.29) is 12.0 Å². The molecule has 1 aromatic rings. The lowest BCUT2D eigenvalue weighted by atomic mass is 10.1. The van der Waals surface area contributed by atoms with Crippen molar-refractivity contribution in [2.45, 2.75) is 39.7 Å². The minimum atomic E-state index is -0.412. The topological polar surface area (TPSA) is 48.3 Å². The Morgan fingerprint density at radius 2 is 2.11 bits per heavy atom. The van der Waals surface area contributed by atoms with Crippen molar-refractivity contribution in [3.8, 4) is 0 Å². The molecule has 0 spiro atoms. The molecule has 0 unspecified atom stereocenters. The van der Waals surface area contributed by atoms with Gasteiger partial charge in [-0.05, 0) is 49.9 Å². The molecule has 0 bridgehead atoms. The van der Waals surface area contributed by atoms with Gasteiger partial charge in [-0.2, -0.15) is 0 Å². The monoisotopic (exact) mass is 285 g/mol. The maximum atomic E-state index is 12.4. The van der Waals surface area contributed by atoms with E-state index < -0.39 is 5.24 Å². The molecule has 106 valence electrons. The number of aromatic nitrogens is 1. The van der Waals surface area contributed by atoms with E-state index >= 15 is 0 Å². The number of nitrogens with zero attached hydrogens (tertiary/aromatic N) is 1. The van der Waals surface area contributed by atoms with Gasteiger partial charge in [0.2, 0.25) is 5.24 Å². The molecule has 19 heavy (non-hydrogen) atoms. The second kappa shape index (κ2) is 7.46. The van der Waals surface area contributed by atoms with Crippen molar-refractivity contribution >= 4 is 16.8 Å². The van der Waals surface area contributed by atoms with Crippen LogP contribution in [0.4, 0.5) is 0 Å². The number of ether oxygens (including phenoxy) is 1. The van der Waals surface area contributed by atoms with Gasteiger partial charge in [0, 0.05) is 37.9 Å². The molecule has 0 aliphatic rings. The van der Waals surface area contributed by atoms with Gasteiger partial charge in [0.05, 0.1) is 0 Å². The van der Waals surface area contributed by atoms with Crippen LogP contribution in [0.25, 0.3) is 0 Å². The fourth-order valence-corrected chi connectivity index (χ4v) is 2.24. The summed E-state index contributed by atoms with van der Waals surface area (Å²) in [6, 6.07) is 1.97.